The lowest BCUT2D eigenvalue weighted by Crippen LogP contribution is -2.44. The van der Waals surface area contributed by atoms with Crippen LogP contribution in [0.2, 0.25) is 0 Å². The van der Waals surface area contributed by atoms with Crippen LogP contribution in [0.1, 0.15) is 348 Å². The lowest BCUT2D eigenvalue weighted by atomic mass is 10.0. The Morgan fingerprint density at radius 3 is 0.976 bits per heavy atom. The Hall–Kier alpha value is -2.75. The van der Waals surface area contributed by atoms with E-state index in [9.17, 15) is 19.5 Å². The predicted octanol–water partition coefficient (Wildman–Crippen LogP) is 20.8. The molecular weight excluding hydrogens is 1030 g/mol. The fraction of sp³-hybridized carbons (Fsp3) is 0.851. The highest BCUT2D eigenvalue weighted by atomic mass is 16.7. The van der Waals surface area contributed by atoms with E-state index in [1.807, 2.05) is 21.1 Å². The molecule has 0 fully saturated rings. The number of hydrogen-bond donors (Lipinski definition) is 0. The minimum Gasteiger partial charge on any atom is -0.545 e. The highest BCUT2D eigenvalue weighted by Crippen LogP contribution is 2.18. The smallest absolute Gasteiger partial charge is 0.306 e. The third-order valence-electron chi connectivity index (χ3n) is 16.0. The van der Waals surface area contributed by atoms with Crippen LogP contribution in [0.5, 0.6) is 0 Å². The number of carbonyl (C=O) groups is 3. The third kappa shape index (κ3) is 66.6. The van der Waals surface area contributed by atoms with Gasteiger partial charge in [0.1, 0.15) is 13.2 Å². The summed E-state index contributed by atoms with van der Waals surface area (Å²) in [6.45, 7) is 4.78. The molecule has 0 rings (SSSR count). The molecule has 0 aliphatic heterocycles. The van der Waals surface area contributed by atoms with Gasteiger partial charge in [0.2, 0.25) is 0 Å². The average Bonchev–Trinajstić information content (AvgIpc) is 3.46. The Balaban J connectivity index is 4.03. The lowest BCUT2D eigenvalue weighted by molar-refractivity contribution is -0.870. The summed E-state index contributed by atoms with van der Waals surface area (Å²) in [6.07, 6.45) is 80.6. The maximum absolute atomic E-state index is 12.9. The Morgan fingerprint density at radius 2 is 0.651 bits per heavy atom. The molecule has 0 spiro atoms. The van der Waals surface area contributed by atoms with Crippen LogP contribution >= 0.6 is 0 Å². The number of hydrogen-bond acceptors (Lipinski definition) is 8. The van der Waals surface area contributed by atoms with Crippen LogP contribution in [0.3, 0.4) is 0 Å². The lowest BCUT2D eigenvalue weighted by Gasteiger charge is -2.26. The molecule has 2 unspecified atom stereocenters. The summed E-state index contributed by atoms with van der Waals surface area (Å²) in [5.41, 5.74) is 0. The number of esters is 2. The number of carboxylic acids is 1. The number of unbranched alkanes of at least 4 members (excludes halogenated alkanes) is 44. The molecule has 83 heavy (non-hydrogen) atoms. The van der Waals surface area contributed by atoms with Gasteiger partial charge in [0, 0.05) is 12.8 Å². The van der Waals surface area contributed by atoms with Crippen LogP contribution < -0.4 is 5.11 Å². The second-order valence-corrected chi connectivity index (χ2v) is 25.5. The van der Waals surface area contributed by atoms with Crippen molar-refractivity contribution in [3.05, 3.63) is 48.6 Å². The van der Waals surface area contributed by atoms with Gasteiger partial charge >= 0.3 is 11.9 Å². The molecule has 9 nitrogen and oxygen atoms in total. The first-order valence-electron chi connectivity index (χ1n) is 35.8. The molecule has 0 aromatic rings. The van der Waals surface area contributed by atoms with Gasteiger partial charge in [-0.05, 0) is 77.0 Å². The van der Waals surface area contributed by atoms with E-state index in [0.717, 1.165) is 57.8 Å². The van der Waals surface area contributed by atoms with Gasteiger partial charge in [-0.2, -0.15) is 0 Å². The average molecular weight is 1170 g/mol. The van der Waals surface area contributed by atoms with Crippen molar-refractivity contribution in [1.82, 2.24) is 0 Å². The first kappa shape index (κ1) is 80.2. The normalized spacial score (nSPS) is 12.9. The minimum absolute atomic E-state index is 0.147. The van der Waals surface area contributed by atoms with E-state index in [4.69, 9.17) is 18.9 Å². The molecule has 486 valence electrons. The van der Waals surface area contributed by atoms with Gasteiger partial charge in [-0.25, -0.2) is 0 Å². The zero-order valence-electron chi connectivity index (χ0n) is 55.6. The second kappa shape index (κ2) is 65.2. The molecule has 0 aliphatic rings. The number of carbonyl (C=O) groups excluding carboxylic acids is 3. The number of quaternary nitrogens is 1. The highest BCUT2D eigenvalue weighted by molar-refractivity contribution is 5.70. The van der Waals surface area contributed by atoms with Crippen LogP contribution in [-0.2, 0) is 33.3 Å². The van der Waals surface area contributed by atoms with Gasteiger partial charge in [0.15, 0.2) is 12.4 Å². The molecule has 0 aromatic heterocycles. The van der Waals surface area contributed by atoms with Crippen LogP contribution in [0.15, 0.2) is 48.6 Å². The van der Waals surface area contributed by atoms with E-state index in [1.165, 1.54) is 257 Å². The van der Waals surface area contributed by atoms with E-state index in [0.29, 0.717) is 23.9 Å². The van der Waals surface area contributed by atoms with Crippen molar-refractivity contribution in [2.24, 2.45) is 0 Å². The molecule has 0 saturated carbocycles. The number of allylic oxidation sites excluding steroid dienone is 8. The SMILES string of the molecule is CCCCCCC/C=C\C/C=C\C/C=C\CCCCCCCCCCC(=O)OC(COC(=O)CCCCCCCCCCCCCCCCCCCCCCCCC/C=C\CCCCCCCCCC)COC(OCC[N+](C)(C)C)C(=O)[O-]. The summed E-state index contributed by atoms with van der Waals surface area (Å²) >= 11 is 0. The first-order chi connectivity index (χ1) is 40.6. The van der Waals surface area contributed by atoms with Crippen molar-refractivity contribution >= 4 is 17.9 Å². The monoisotopic (exact) mass is 1170 g/mol. The summed E-state index contributed by atoms with van der Waals surface area (Å²) in [5, 5.41) is 11.8. The Bertz CT molecular complexity index is 1500. The first-order valence-corrected chi connectivity index (χ1v) is 35.8. The van der Waals surface area contributed by atoms with Gasteiger partial charge < -0.3 is 33.3 Å². The Kier molecular flexibility index (Phi) is 63.1. The third-order valence-corrected chi connectivity index (χ3v) is 16.0. The second-order valence-electron chi connectivity index (χ2n) is 25.5. The number of nitrogens with zero attached hydrogens (tertiary/aromatic N) is 1. The van der Waals surface area contributed by atoms with Crippen LogP contribution in [0.4, 0.5) is 0 Å². The molecule has 0 N–H and O–H groups in total. The van der Waals surface area contributed by atoms with Crippen molar-refractivity contribution in [1.29, 1.82) is 0 Å². The zero-order chi connectivity index (χ0) is 60.5. The van der Waals surface area contributed by atoms with E-state index in [-0.39, 0.29) is 32.2 Å². The maximum atomic E-state index is 12.9. The van der Waals surface area contributed by atoms with Crippen molar-refractivity contribution in [2.45, 2.75) is 360 Å². The molecule has 0 heterocycles. The van der Waals surface area contributed by atoms with Gasteiger partial charge in [-0.15, -0.1) is 0 Å². The summed E-state index contributed by atoms with van der Waals surface area (Å²) in [7, 11) is 5.93. The zero-order valence-corrected chi connectivity index (χ0v) is 55.6. The van der Waals surface area contributed by atoms with E-state index in [1.54, 1.807) is 0 Å². The van der Waals surface area contributed by atoms with Crippen molar-refractivity contribution in [2.75, 3.05) is 47.5 Å². The van der Waals surface area contributed by atoms with Gasteiger partial charge in [-0.1, -0.05) is 306 Å². The molecule has 0 aliphatic carbocycles. The van der Waals surface area contributed by atoms with Gasteiger partial charge in [0.05, 0.1) is 40.3 Å². The Morgan fingerprint density at radius 1 is 0.361 bits per heavy atom. The van der Waals surface area contributed by atoms with Crippen molar-refractivity contribution in [3.63, 3.8) is 0 Å². The fourth-order valence-corrected chi connectivity index (χ4v) is 10.5. The van der Waals surface area contributed by atoms with E-state index in [2.05, 4.69) is 62.5 Å². The number of carboxylic acid groups (broad SMARTS) is 1. The largest absolute Gasteiger partial charge is 0.545 e. The van der Waals surface area contributed by atoms with Crippen LogP contribution in [0, 0.1) is 0 Å². The molecule has 0 amide bonds. The number of aliphatic carboxylic acids is 1. The summed E-state index contributed by atoms with van der Waals surface area (Å²) in [6, 6.07) is 0. The Labute approximate surface area is 514 Å². The summed E-state index contributed by atoms with van der Waals surface area (Å²) in [4.78, 5) is 37.5. The van der Waals surface area contributed by atoms with Crippen LogP contribution in [0.25, 0.3) is 0 Å². The molecular formula is C74H137NO8. The van der Waals surface area contributed by atoms with Gasteiger partial charge in [-0.3, -0.25) is 9.59 Å². The van der Waals surface area contributed by atoms with E-state index >= 15 is 0 Å². The topological polar surface area (TPSA) is 111 Å². The molecule has 0 bridgehead atoms. The fourth-order valence-electron chi connectivity index (χ4n) is 10.5. The minimum atomic E-state index is -1.62. The molecule has 9 heteroatoms. The predicted molar refractivity (Wildman–Crippen MR) is 352 cm³/mol. The number of rotatable bonds is 67. The highest BCUT2D eigenvalue weighted by Gasteiger charge is 2.22. The van der Waals surface area contributed by atoms with Crippen molar-refractivity contribution in [3.8, 4) is 0 Å². The molecule has 2 atom stereocenters. The molecule has 0 aromatic carbocycles. The van der Waals surface area contributed by atoms with Crippen molar-refractivity contribution < 1.29 is 42.9 Å². The van der Waals surface area contributed by atoms with E-state index < -0.39 is 24.3 Å². The quantitative estimate of drug-likeness (QED) is 0.0195. The van der Waals surface area contributed by atoms with Gasteiger partial charge in [0.25, 0.3) is 0 Å². The summed E-state index contributed by atoms with van der Waals surface area (Å²) in [5.74, 6) is -2.27. The number of ether oxygens (including phenoxy) is 4. The maximum Gasteiger partial charge on any atom is 0.306 e. The summed E-state index contributed by atoms with van der Waals surface area (Å²) < 4.78 is 22.8. The molecule has 0 radical (unpaired) electrons. The molecule has 0 saturated heterocycles. The number of likely N-dealkylation sites (N-methyl/N-ethyl adjacent to an activating group) is 1. The standard InChI is InChI=1S/C74H137NO8/c1-6-8-10-12-14-16-18-20-22-24-26-28-30-31-32-33-34-35-36-37-38-39-40-41-43-44-46-48-50-52-54-56-58-60-62-64-71(76)81-68-70(69-82-74(73(78)79)80-67-66-75(3,4)5)83-72(77)65-63-61-59-57-55-53-51-49-47-45-42-29-27-25-23-21-19-17-15-13-11-9-7-2/h19,21,24-27,42,45,70,74H,6-18,20,22-23,28-41,43-44,46-69H2,1-5H3/b21-19-,26-24-,27-25-,45-42-. The van der Waals surface area contributed by atoms with Crippen LogP contribution in [-0.4, -0.2) is 82.3 Å².